The molecule has 2 aliphatic heterocycles. The lowest BCUT2D eigenvalue weighted by Crippen LogP contribution is -2.50. The molecule has 8 heteroatoms. The van der Waals surface area contributed by atoms with Gasteiger partial charge in [-0.1, -0.05) is 18.2 Å². The maximum Gasteiger partial charge on any atom is 0.417 e. The quantitative estimate of drug-likeness (QED) is 0.652. The van der Waals surface area contributed by atoms with Crippen LogP contribution in [0.1, 0.15) is 52.7 Å². The van der Waals surface area contributed by atoms with Gasteiger partial charge in [0.2, 0.25) is 5.88 Å². The van der Waals surface area contributed by atoms with Gasteiger partial charge in [0.05, 0.1) is 5.56 Å². The molecule has 0 spiro atoms. The number of aryl methyl sites for hydroxylation is 2. The van der Waals surface area contributed by atoms with Crippen LogP contribution in [0.4, 0.5) is 13.2 Å². The van der Waals surface area contributed by atoms with Crippen LogP contribution in [0.15, 0.2) is 36.5 Å². The second-order valence-corrected chi connectivity index (χ2v) is 9.03. The minimum absolute atomic E-state index is 0.0452. The maximum atomic E-state index is 13.0. The second-order valence-electron chi connectivity index (χ2n) is 9.03. The first-order valence-electron chi connectivity index (χ1n) is 11.5. The van der Waals surface area contributed by atoms with Gasteiger partial charge in [-0.15, -0.1) is 0 Å². The summed E-state index contributed by atoms with van der Waals surface area (Å²) in [5, 5.41) is 0. The van der Waals surface area contributed by atoms with Crippen LogP contribution in [0.25, 0.3) is 0 Å². The Labute approximate surface area is 192 Å². The van der Waals surface area contributed by atoms with Crippen LogP contribution in [-0.2, 0) is 6.18 Å². The minimum atomic E-state index is -4.39. The van der Waals surface area contributed by atoms with Gasteiger partial charge in [0, 0.05) is 50.0 Å². The van der Waals surface area contributed by atoms with Crippen molar-refractivity contribution in [2.75, 3.05) is 26.2 Å². The fourth-order valence-corrected chi connectivity index (χ4v) is 4.89. The largest absolute Gasteiger partial charge is 0.474 e. The van der Waals surface area contributed by atoms with E-state index in [0.717, 1.165) is 80.8 Å². The molecular weight excluding hydrogens is 431 g/mol. The molecule has 0 saturated carbocycles. The van der Waals surface area contributed by atoms with Gasteiger partial charge in [-0.25, -0.2) is 4.98 Å². The number of hydrogen-bond acceptors (Lipinski definition) is 4. The number of halogens is 3. The molecule has 1 amide bonds. The molecule has 33 heavy (non-hydrogen) atoms. The number of aromatic nitrogens is 1. The molecule has 1 aromatic carbocycles. The Morgan fingerprint density at radius 2 is 1.61 bits per heavy atom. The van der Waals surface area contributed by atoms with Crippen LogP contribution in [-0.4, -0.2) is 59.0 Å². The molecular formula is C25H30F3N3O2. The lowest BCUT2D eigenvalue weighted by Gasteiger charge is -2.41. The number of rotatable bonds is 4. The summed E-state index contributed by atoms with van der Waals surface area (Å²) in [5.74, 6) is 0.361. The van der Waals surface area contributed by atoms with Crippen molar-refractivity contribution in [1.82, 2.24) is 14.8 Å². The van der Waals surface area contributed by atoms with Crippen LogP contribution < -0.4 is 4.74 Å². The van der Waals surface area contributed by atoms with E-state index in [1.165, 1.54) is 6.07 Å². The number of carbonyl (C=O) groups is 1. The summed E-state index contributed by atoms with van der Waals surface area (Å²) >= 11 is 0. The molecule has 0 N–H and O–H groups in total. The summed E-state index contributed by atoms with van der Waals surface area (Å²) < 4.78 is 43.9. The first-order valence-corrected chi connectivity index (χ1v) is 11.5. The van der Waals surface area contributed by atoms with Crippen molar-refractivity contribution in [3.63, 3.8) is 0 Å². The number of benzene rings is 1. The molecule has 178 valence electrons. The van der Waals surface area contributed by atoms with E-state index in [-0.39, 0.29) is 17.9 Å². The van der Waals surface area contributed by atoms with Gasteiger partial charge in [-0.05, 0) is 56.7 Å². The summed E-state index contributed by atoms with van der Waals surface area (Å²) in [4.78, 5) is 21.3. The molecule has 4 rings (SSSR count). The third-order valence-corrected chi connectivity index (χ3v) is 6.79. The van der Waals surface area contributed by atoms with Gasteiger partial charge < -0.3 is 9.64 Å². The molecule has 3 heterocycles. The molecule has 0 aliphatic carbocycles. The lowest BCUT2D eigenvalue weighted by atomic mass is 9.97. The highest BCUT2D eigenvalue weighted by Gasteiger charge is 2.32. The van der Waals surface area contributed by atoms with Gasteiger partial charge in [-0.3, -0.25) is 9.69 Å². The summed E-state index contributed by atoms with van der Waals surface area (Å²) in [6.45, 7) is 7.23. The highest BCUT2D eigenvalue weighted by molar-refractivity contribution is 5.97. The molecule has 0 atom stereocenters. The van der Waals surface area contributed by atoms with Crippen LogP contribution in [0.5, 0.6) is 5.88 Å². The van der Waals surface area contributed by atoms with Crippen molar-refractivity contribution in [1.29, 1.82) is 0 Å². The zero-order valence-corrected chi connectivity index (χ0v) is 19.1. The maximum absolute atomic E-state index is 13.0. The third kappa shape index (κ3) is 5.49. The minimum Gasteiger partial charge on any atom is -0.474 e. The van der Waals surface area contributed by atoms with Crippen molar-refractivity contribution in [2.24, 2.45) is 0 Å². The number of piperidine rings is 2. The van der Waals surface area contributed by atoms with E-state index in [9.17, 15) is 18.0 Å². The van der Waals surface area contributed by atoms with E-state index in [1.807, 2.05) is 36.9 Å². The van der Waals surface area contributed by atoms with E-state index in [4.69, 9.17) is 4.74 Å². The number of hydrogen-bond donors (Lipinski definition) is 0. The summed E-state index contributed by atoms with van der Waals surface area (Å²) in [7, 11) is 0. The Balaban J connectivity index is 1.25. The first kappa shape index (κ1) is 23.5. The van der Waals surface area contributed by atoms with E-state index < -0.39 is 11.7 Å². The fourth-order valence-electron chi connectivity index (χ4n) is 4.89. The normalized spacial score (nSPS) is 19.0. The number of nitrogens with zero attached hydrogens (tertiary/aromatic N) is 3. The summed E-state index contributed by atoms with van der Waals surface area (Å²) in [6.07, 6.45) is -0.107. The van der Waals surface area contributed by atoms with Crippen molar-refractivity contribution >= 4 is 5.91 Å². The Bertz CT molecular complexity index is 942. The summed E-state index contributed by atoms with van der Waals surface area (Å²) in [5.41, 5.74) is 2.09. The third-order valence-electron chi connectivity index (χ3n) is 6.79. The SMILES string of the molecule is Cc1cccc(C)c1C(=O)N1CCC(N2CCC(Oc3ccc(C(F)(F)F)cn3)CC2)CC1. The number of pyridine rings is 1. The van der Waals surface area contributed by atoms with Crippen LogP contribution in [0.2, 0.25) is 0 Å². The van der Waals surface area contributed by atoms with E-state index in [0.29, 0.717) is 6.04 Å². The number of alkyl halides is 3. The Morgan fingerprint density at radius 3 is 2.15 bits per heavy atom. The standard InChI is InChI=1S/C25H30F3N3O2/c1-17-4-3-5-18(2)23(17)24(32)31-12-8-20(9-13-31)30-14-10-21(11-15-30)33-22-7-6-19(16-29-22)25(26,27)28/h3-7,16,20-21H,8-15H2,1-2H3. The molecule has 0 unspecified atom stereocenters. The van der Waals surface area contributed by atoms with Crippen LogP contribution in [0.3, 0.4) is 0 Å². The van der Waals surface area contributed by atoms with E-state index in [1.54, 1.807) is 0 Å². The fraction of sp³-hybridized carbons (Fsp3) is 0.520. The van der Waals surface area contributed by atoms with Crippen LogP contribution >= 0.6 is 0 Å². The zero-order valence-electron chi connectivity index (χ0n) is 19.1. The first-order chi connectivity index (χ1) is 15.7. The van der Waals surface area contributed by atoms with Gasteiger partial charge in [0.15, 0.2) is 0 Å². The Hall–Kier alpha value is -2.61. The molecule has 0 radical (unpaired) electrons. The Morgan fingerprint density at radius 1 is 0.970 bits per heavy atom. The molecule has 2 aliphatic rings. The molecule has 2 saturated heterocycles. The molecule has 0 bridgehead atoms. The van der Waals surface area contributed by atoms with E-state index in [2.05, 4.69) is 9.88 Å². The molecule has 5 nitrogen and oxygen atoms in total. The average molecular weight is 462 g/mol. The van der Waals surface area contributed by atoms with Gasteiger partial charge in [0.25, 0.3) is 5.91 Å². The predicted octanol–water partition coefficient (Wildman–Crippen LogP) is 4.87. The van der Waals surface area contributed by atoms with Crippen molar-refractivity contribution in [3.8, 4) is 5.88 Å². The van der Waals surface area contributed by atoms with E-state index >= 15 is 0 Å². The van der Waals surface area contributed by atoms with Gasteiger partial charge >= 0.3 is 6.18 Å². The topological polar surface area (TPSA) is 45.7 Å². The smallest absolute Gasteiger partial charge is 0.417 e. The van der Waals surface area contributed by atoms with Gasteiger partial charge in [0.1, 0.15) is 6.10 Å². The second kappa shape index (κ2) is 9.71. The lowest BCUT2D eigenvalue weighted by molar-refractivity contribution is -0.137. The van der Waals surface area contributed by atoms with Crippen molar-refractivity contribution in [3.05, 3.63) is 58.8 Å². The summed E-state index contributed by atoms with van der Waals surface area (Å²) in [6, 6.07) is 8.69. The van der Waals surface area contributed by atoms with Crippen LogP contribution in [0, 0.1) is 13.8 Å². The van der Waals surface area contributed by atoms with Gasteiger partial charge in [-0.2, -0.15) is 13.2 Å². The highest BCUT2D eigenvalue weighted by atomic mass is 19.4. The average Bonchev–Trinajstić information content (AvgIpc) is 2.79. The number of carbonyl (C=O) groups excluding carboxylic acids is 1. The van der Waals surface area contributed by atoms with Crippen molar-refractivity contribution < 1.29 is 22.7 Å². The molecule has 1 aromatic heterocycles. The Kier molecular flexibility index (Phi) is 6.93. The zero-order chi connectivity index (χ0) is 23.6. The predicted molar refractivity (Wildman–Crippen MR) is 119 cm³/mol. The monoisotopic (exact) mass is 461 g/mol. The number of amides is 1. The van der Waals surface area contributed by atoms with Crippen molar-refractivity contribution in [2.45, 2.75) is 57.9 Å². The molecule has 2 aromatic rings. The number of ether oxygens (including phenoxy) is 1. The molecule has 2 fully saturated rings. The number of likely N-dealkylation sites (tertiary alicyclic amines) is 2. The highest BCUT2D eigenvalue weighted by Crippen LogP contribution is 2.30.